The molecule has 0 unspecified atom stereocenters. The first-order valence-corrected chi connectivity index (χ1v) is 6.16. The number of hydrogen-bond donors (Lipinski definition) is 1. The lowest BCUT2D eigenvalue weighted by atomic mass is 10.2. The van der Waals surface area contributed by atoms with Crippen LogP contribution in [0.3, 0.4) is 0 Å². The van der Waals surface area contributed by atoms with Gasteiger partial charge in [0, 0.05) is 18.3 Å². The molecule has 0 bridgehead atoms. The fourth-order valence-electron chi connectivity index (χ4n) is 1.80. The molecule has 0 spiro atoms. The molecular weight excluding hydrogens is 240 g/mol. The van der Waals surface area contributed by atoms with Crippen molar-refractivity contribution in [2.24, 2.45) is 0 Å². The van der Waals surface area contributed by atoms with Crippen molar-refractivity contribution in [1.29, 1.82) is 0 Å². The van der Waals surface area contributed by atoms with Crippen molar-refractivity contribution in [1.82, 2.24) is 10.3 Å². The summed E-state index contributed by atoms with van der Waals surface area (Å²) in [6.45, 7) is 1.26. The van der Waals surface area contributed by atoms with Crippen LogP contribution in [0.4, 0.5) is 0 Å². The van der Waals surface area contributed by atoms with Crippen molar-refractivity contribution in [3.05, 3.63) is 53.9 Å². The van der Waals surface area contributed by atoms with Crippen molar-refractivity contribution in [3.63, 3.8) is 0 Å². The molecule has 0 aliphatic heterocycles. The van der Waals surface area contributed by atoms with Gasteiger partial charge in [-0.2, -0.15) is 0 Å². The van der Waals surface area contributed by atoms with E-state index in [1.54, 1.807) is 19.5 Å². The fraction of sp³-hybridized carbons (Fsp3) is 0.267. The Bertz CT molecular complexity index is 529. The summed E-state index contributed by atoms with van der Waals surface area (Å²) >= 11 is 0. The second-order valence-corrected chi connectivity index (χ2v) is 4.15. The van der Waals surface area contributed by atoms with Gasteiger partial charge in [0.1, 0.15) is 18.1 Å². The fourth-order valence-corrected chi connectivity index (χ4v) is 1.80. The number of rotatable bonds is 6. The van der Waals surface area contributed by atoms with Gasteiger partial charge in [-0.3, -0.25) is 4.98 Å². The van der Waals surface area contributed by atoms with Crippen molar-refractivity contribution >= 4 is 0 Å². The van der Waals surface area contributed by atoms with Gasteiger partial charge in [0.25, 0.3) is 0 Å². The molecule has 100 valence electrons. The van der Waals surface area contributed by atoms with E-state index in [2.05, 4.69) is 10.3 Å². The maximum atomic E-state index is 5.82. The molecule has 2 aromatic rings. The summed E-state index contributed by atoms with van der Waals surface area (Å²) in [5.41, 5.74) is 2.17. The topological polar surface area (TPSA) is 43.4 Å². The Morgan fingerprint density at radius 2 is 2.16 bits per heavy atom. The highest BCUT2D eigenvalue weighted by Crippen LogP contribution is 2.19. The smallest absolute Gasteiger partial charge is 0.142 e. The number of nitrogens with zero attached hydrogens (tertiary/aromatic N) is 1. The Labute approximate surface area is 113 Å². The Hall–Kier alpha value is -2.07. The summed E-state index contributed by atoms with van der Waals surface area (Å²) in [4.78, 5) is 4.10. The molecule has 0 saturated carbocycles. The minimum Gasteiger partial charge on any atom is -0.497 e. The van der Waals surface area contributed by atoms with Crippen LogP contribution < -0.4 is 14.8 Å². The van der Waals surface area contributed by atoms with E-state index in [4.69, 9.17) is 9.47 Å². The molecule has 1 N–H and O–H groups in total. The van der Waals surface area contributed by atoms with E-state index >= 15 is 0 Å². The van der Waals surface area contributed by atoms with E-state index in [-0.39, 0.29) is 0 Å². The van der Waals surface area contributed by atoms with Crippen LogP contribution in [0.1, 0.15) is 11.1 Å². The van der Waals surface area contributed by atoms with Crippen LogP contribution in [-0.2, 0) is 13.2 Å². The van der Waals surface area contributed by atoms with Gasteiger partial charge in [0.05, 0.1) is 13.3 Å². The predicted molar refractivity (Wildman–Crippen MR) is 74.3 cm³/mol. The van der Waals surface area contributed by atoms with E-state index in [9.17, 15) is 0 Å². The Morgan fingerprint density at radius 1 is 1.26 bits per heavy atom. The van der Waals surface area contributed by atoms with Crippen molar-refractivity contribution in [2.45, 2.75) is 13.2 Å². The molecule has 0 fully saturated rings. The number of aromatic nitrogens is 1. The molecule has 19 heavy (non-hydrogen) atoms. The quantitative estimate of drug-likeness (QED) is 0.864. The Balaban J connectivity index is 2.05. The lowest BCUT2D eigenvalue weighted by Crippen LogP contribution is -2.07. The van der Waals surface area contributed by atoms with Crippen LogP contribution in [0.5, 0.6) is 11.5 Å². The van der Waals surface area contributed by atoms with Crippen LogP contribution in [0.15, 0.2) is 42.7 Å². The Morgan fingerprint density at radius 3 is 2.95 bits per heavy atom. The molecule has 4 nitrogen and oxygen atoms in total. The van der Waals surface area contributed by atoms with Crippen molar-refractivity contribution < 1.29 is 9.47 Å². The third-order valence-electron chi connectivity index (χ3n) is 2.77. The number of benzene rings is 1. The summed E-state index contributed by atoms with van der Waals surface area (Å²) in [6.07, 6.45) is 3.51. The molecule has 0 aliphatic rings. The van der Waals surface area contributed by atoms with Gasteiger partial charge in [0.15, 0.2) is 0 Å². The molecular formula is C15H18N2O2. The van der Waals surface area contributed by atoms with E-state index in [1.807, 2.05) is 37.4 Å². The van der Waals surface area contributed by atoms with Gasteiger partial charge >= 0.3 is 0 Å². The highest BCUT2D eigenvalue weighted by Gasteiger charge is 2.03. The molecule has 0 aliphatic carbocycles. The van der Waals surface area contributed by atoms with Crippen LogP contribution in [-0.4, -0.2) is 19.1 Å². The van der Waals surface area contributed by atoms with E-state index in [1.165, 1.54) is 0 Å². The third kappa shape index (κ3) is 3.69. The maximum Gasteiger partial charge on any atom is 0.142 e. The first-order chi connectivity index (χ1) is 9.33. The number of nitrogens with one attached hydrogen (secondary N) is 1. The average molecular weight is 258 g/mol. The van der Waals surface area contributed by atoms with Gasteiger partial charge in [-0.05, 0) is 30.8 Å². The lowest BCUT2D eigenvalue weighted by molar-refractivity contribution is 0.300. The summed E-state index contributed by atoms with van der Waals surface area (Å²) in [5, 5.41) is 3.11. The van der Waals surface area contributed by atoms with Crippen LogP contribution in [0, 0.1) is 0 Å². The SMILES string of the molecule is CNCc1ccncc1OCc1cccc(OC)c1. The zero-order valence-corrected chi connectivity index (χ0v) is 11.2. The molecule has 1 aromatic carbocycles. The highest BCUT2D eigenvalue weighted by molar-refractivity contribution is 5.31. The number of pyridine rings is 1. The molecule has 0 saturated heterocycles. The molecule has 1 heterocycles. The van der Waals surface area contributed by atoms with E-state index < -0.39 is 0 Å². The molecule has 0 atom stereocenters. The van der Waals surface area contributed by atoms with Crippen LogP contribution >= 0.6 is 0 Å². The van der Waals surface area contributed by atoms with Gasteiger partial charge in [-0.1, -0.05) is 12.1 Å². The number of hydrogen-bond acceptors (Lipinski definition) is 4. The number of methoxy groups -OCH3 is 1. The minimum absolute atomic E-state index is 0.500. The standard InChI is InChI=1S/C15H18N2O2/c1-16-9-13-6-7-17-10-15(13)19-11-12-4-3-5-14(8-12)18-2/h3-8,10,16H,9,11H2,1-2H3. The summed E-state index contributed by atoms with van der Waals surface area (Å²) in [5.74, 6) is 1.64. The zero-order valence-electron chi connectivity index (χ0n) is 11.2. The van der Waals surface area contributed by atoms with Crippen LogP contribution in [0.25, 0.3) is 0 Å². The molecule has 0 amide bonds. The molecule has 1 aromatic heterocycles. The van der Waals surface area contributed by atoms with Crippen molar-refractivity contribution in [2.75, 3.05) is 14.2 Å². The van der Waals surface area contributed by atoms with Gasteiger partial charge < -0.3 is 14.8 Å². The monoisotopic (exact) mass is 258 g/mol. The summed E-state index contributed by atoms with van der Waals surface area (Å²) < 4.78 is 11.0. The molecule has 0 radical (unpaired) electrons. The third-order valence-corrected chi connectivity index (χ3v) is 2.77. The first-order valence-electron chi connectivity index (χ1n) is 6.16. The van der Waals surface area contributed by atoms with E-state index in [0.717, 1.165) is 29.2 Å². The normalized spacial score (nSPS) is 10.2. The van der Waals surface area contributed by atoms with E-state index in [0.29, 0.717) is 6.61 Å². The largest absolute Gasteiger partial charge is 0.497 e. The minimum atomic E-state index is 0.500. The van der Waals surface area contributed by atoms with Crippen LogP contribution in [0.2, 0.25) is 0 Å². The van der Waals surface area contributed by atoms with Crippen molar-refractivity contribution in [3.8, 4) is 11.5 Å². The lowest BCUT2D eigenvalue weighted by Gasteiger charge is -2.11. The first kappa shape index (κ1) is 13.4. The van der Waals surface area contributed by atoms with Gasteiger partial charge in [-0.15, -0.1) is 0 Å². The number of ether oxygens (including phenoxy) is 2. The van der Waals surface area contributed by atoms with Gasteiger partial charge in [-0.25, -0.2) is 0 Å². The average Bonchev–Trinajstić information content (AvgIpc) is 2.47. The maximum absolute atomic E-state index is 5.82. The second-order valence-electron chi connectivity index (χ2n) is 4.15. The van der Waals surface area contributed by atoms with Gasteiger partial charge in [0.2, 0.25) is 0 Å². The second kappa shape index (κ2) is 6.75. The predicted octanol–water partition coefficient (Wildman–Crippen LogP) is 2.39. The zero-order chi connectivity index (χ0) is 13.5. The summed E-state index contributed by atoms with van der Waals surface area (Å²) in [7, 11) is 3.57. The summed E-state index contributed by atoms with van der Waals surface area (Å²) in [6, 6.07) is 9.80. The molecule has 2 rings (SSSR count). The Kier molecular flexibility index (Phi) is 4.75. The molecule has 4 heteroatoms. The highest BCUT2D eigenvalue weighted by atomic mass is 16.5.